The molecule has 0 aliphatic rings. The van der Waals surface area contributed by atoms with Gasteiger partial charge in [-0.3, -0.25) is 9.36 Å². The SMILES string of the molecule is CCCCCCC/C=C\C/C=C\C/C=C\CCCCCCCCCCCCCCCCC(=O)NC(COP(=O)([O-])OCC[N+](C)(C)C)C(O)/C=C/CCCCCCCCCCCCCCCCC. The molecule has 3 atom stereocenters. The van der Waals surface area contributed by atoms with Crippen molar-refractivity contribution < 1.29 is 32.9 Å². The predicted octanol–water partition coefficient (Wildman–Crippen LogP) is 16.9. The predicted molar refractivity (Wildman–Crippen MR) is 293 cm³/mol. The fourth-order valence-corrected chi connectivity index (χ4v) is 9.18. The van der Waals surface area contributed by atoms with Gasteiger partial charge in [-0.05, 0) is 57.8 Å². The lowest BCUT2D eigenvalue weighted by Crippen LogP contribution is -2.45. The number of hydrogen-bond acceptors (Lipinski definition) is 6. The quantitative estimate of drug-likeness (QED) is 0.0272. The van der Waals surface area contributed by atoms with Gasteiger partial charge in [-0.2, -0.15) is 0 Å². The molecule has 0 rings (SSSR count). The number of hydrogen-bond donors (Lipinski definition) is 2. The molecule has 400 valence electrons. The Bertz CT molecular complexity index is 1250. The number of allylic oxidation sites excluding steroid dienone is 7. The highest BCUT2D eigenvalue weighted by molar-refractivity contribution is 7.45. The maximum absolute atomic E-state index is 13.0. The van der Waals surface area contributed by atoms with E-state index >= 15 is 0 Å². The highest BCUT2D eigenvalue weighted by atomic mass is 31.2. The molecule has 0 bridgehead atoms. The largest absolute Gasteiger partial charge is 0.756 e. The Labute approximate surface area is 422 Å². The number of phosphoric ester groups is 1. The molecule has 0 aromatic heterocycles. The van der Waals surface area contributed by atoms with E-state index in [1.54, 1.807) is 6.08 Å². The van der Waals surface area contributed by atoms with Gasteiger partial charge in [-0.1, -0.05) is 255 Å². The second-order valence-corrected chi connectivity index (χ2v) is 22.4. The van der Waals surface area contributed by atoms with Gasteiger partial charge in [0.05, 0.1) is 39.9 Å². The maximum Gasteiger partial charge on any atom is 0.268 e. The lowest BCUT2D eigenvalue weighted by molar-refractivity contribution is -0.870. The molecule has 8 nitrogen and oxygen atoms in total. The molecule has 0 fully saturated rings. The third kappa shape index (κ3) is 52.3. The van der Waals surface area contributed by atoms with Crippen molar-refractivity contribution in [2.24, 2.45) is 0 Å². The minimum Gasteiger partial charge on any atom is -0.756 e. The number of nitrogens with one attached hydrogen (secondary N) is 1. The van der Waals surface area contributed by atoms with E-state index in [0.717, 1.165) is 51.4 Å². The number of phosphoric acid groups is 1. The van der Waals surface area contributed by atoms with E-state index in [1.807, 2.05) is 27.2 Å². The Morgan fingerprint density at radius 1 is 0.515 bits per heavy atom. The van der Waals surface area contributed by atoms with Crippen molar-refractivity contribution in [1.82, 2.24) is 5.32 Å². The van der Waals surface area contributed by atoms with E-state index in [4.69, 9.17) is 9.05 Å². The number of unbranched alkanes of at least 4 members (excludes halogenated alkanes) is 34. The van der Waals surface area contributed by atoms with Crippen molar-refractivity contribution in [3.05, 3.63) is 48.6 Å². The molecular weight excluding hydrogens is 864 g/mol. The van der Waals surface area contributed by atoms with Crippen LogP contribution in [0.25, 0.3) is 0 Å². The molecule has 0 aliphatic carbocycles. The van der Waals surface area contributed by atoms with E-state index in [2.05, 4.69) is 55.6 Å². The smallest absolute Gasteiger partial charge is 0.268 e. The molecule has 0 aromatic rings. The van der Waals surface area contributed by atoms with Crippen LogP contribution in [0, 0.1) is 0 Å². The van der Waals surface area contributed by atoms with Gasteiger partial charge in [0.2, 0.25) is 5.91 Å². The van der Waals surface area contributed by atoms with E-state index < -0.39 is 20.0 Å². The first-order chi connectivity index (χ1) is 33.0. The summed E-state index contributed by atoms with van der Waals surface area (Å²) >= 11 is 0. The van der Waals surface area contributed by atoms with Crippen molar-refractivity contribution in [1.29, 1.82) is 0 Å². The van der Waals surface area contributed by atoms with Crippen molar-refractivity contribution in [2.75, 3.05) is 40.9 Å². The van der Waals surface area contributed by atoms with Gasteiger partial charge in [0, 0.05) is 6.42 Å². The van der Waals surface area contributed by atoms with Gasteiger partial charge in [0.15, 0.2) is 0 Å². The van der Waals surface area contributed by atoms with Gasteiger partial charge < -0.3 is 28.8 Å². The van der Waals surface area contributed by atoms with Gasteiger partial charge in [0.1, 0.15) is 13.2 Å². The third-order valence-corrected chi connectivity index (χ3v) is 14.0. The molecule has 0 saturated carbocycles. The summed E-state index contributed by atoms with van der Waals surface area (Å²) in [5, 5.41) is 13.9. The highest BCUT2D eigenvalue weighted by Crippen LogP contribution is 2.38. The summed E-state index contributed by atoms with van der Waals surface area (Å²) in [4.78, 5) is 25.5. The number of quaternary nitrogens is 1. The number of aliphatic hydroxyl groups excluding tert-OH is 1. The zero-order valence-electron chi connectivity index (χ0n) is 45.6. The minimum absolute atomic E-state index is 0.00112. The third-order valence-electron chi connectivity index (χ3n) is 13.0. The lowest BCUT2D eigenvalue weighted by Gasteiger charge is -2.29. The van der Waals surface area contributed by atoms with Gasteiger partial charge in [-0.25, -0.2) is 0 Å². The minimum atomic E-state index is -4.60. The van der Waals surface area contributed by atoms with Crippen LogP contribution in [0.15, 0.2) is 48.6 Å². The summed E-state index contributed by atoms with van der Waals surface area (Å²) < 4.78 is 23.3. The molecule has 9 heteroatoms. The molecule has 0 radical (unpaired) electrons. The van der Waals surface area contributed by atoms with Crippen LogP contribution < -0.4 is 10.2 Å². The monoisotopic (exact) mass is 977 g/mol. The molecule has 0 heterocycles. The number of likely N-dealkylation sites (N-methyl/N-ethyl adjacent to an activating group) is 1. The Balaban J connectivity index is 4.15. The van der Waals surface area contributed by atoms with Crippen LogP contribution in [0.4, 0.5) is 0 Å². The number of rotatable bonds is 53. The second kappa shape index (κ2) is 50.4. The second-order valence-electron chi connectivity index (χ2n) is 21.0. The van der Waals surface area contributed by atoms with Crippen molar-refractivity contribution in [2.45, 2.75) is 283 Å². The maximum atomic E-state index is 13.0. The zero-order chi connectivity index (χ0) is 49.9. The molecule has 1 amide bonds. The van der Waals surface area contributed by atoms with Crippen molar-refractivity contribution in [3.8, 4) is 0 Å². The van der Waals surface area contributed by atoms with Crippen LogP contribution in [-0.2, 0) is 18.4 Å². The summed E-state index contributed by atoms with van der Waals surface area (Å²) in [6, 6.07) is -0.887. The van der Waals surface area contributed by atoms with Crippen molar-refractivity contribution in [3.63, 3.8) is 0 Å². The Hall–Kier alpha value is -1.54. The Kier molecular flexibility index (Phi) is 49.3. The molecule has 0 aliphatic heterocycles. The molecule has 3 unspecified atom stereocenters. The molecule has 0 aromatic carbocycles. The lowest BCUT2D eigenvalue weighted by atomic mass is 10.0. The Morgan fingerprint density at radius 3 is 1.24 bits per heavy atom. The summed E-state index contributed by atoms with van der Waals surface area (Å²) in [5.74, 6) is -0.196. The first-order valence-electron chi connectivity index (χ1n) is 29.0. The summed E-state index contributed by atoms with van der Waals surface area (Å²) in [6.07, 6.45) is 66.1. The average Bonchev–Trinajstić information content (AvgIpc) is 3.30. The van der Waals surface area contributed by atoms with Crippen LogP contribution in [0.3, 0.4) is 0 Å². The number of carbonyl (C=O) groups excluding carboxylic acids is 1. The highest BCUT2D eigenvalue weighted by Gasteiger charge is 2.23. The summed E-state index contributed by atoms with van der Waals surface area (Å²) in [6.45, 7) is 4.66. The van der Waals surface area contributed by atoms with Crippen molar-refractivity contribution >= 4 is 13.7 Å². The van der Waals surface area contributed by atoms with Crippen LogP contribution in [-0.4, -0.2) is 68.5 Å². The normalized spacial score (nSPS) is 14.3. The standard InChI is InChI=1S/C59H113N2O6P/c1-6-8-10-12-14-16-18-20-22-24-25-26-27-28-29-30-31-32-33-34-35-37-39-41-43-45-47-49-51-53-59(63)60-57(56-67-68(64,65)66-55-54-61(3,4)5)58(62)52-50-48-46-44-42-40-38-36-23-21-19-17-15-13-11-9-7-2/h18,20,24-25,27-28,50,52,57-58,62H,6-17,19,21-23,26,29-49,51,53-56H2,1-5H3,(H-,60,63,64,65)/b20-18-,25-24-,28-27-,52-50+. The Morgan fingerprint density at radius 2 is 0.853 bits per heavy atom. The molecular formula is C59H113N2O6P. The number of aliphatic hydroxyl groups is 1. The molecule has 0 saturated heterocycles. The van der Waals surface area contributed by atoms with Gasteiger partial charge in [-0.15, -0.1) is 0 Å². The summed E-state index contributed by atoms with van der Waals surface area (Å²) in [5.41, 5.74) is 0. The van der Waals surface area contributed by atoms with Crippen LogP contribution in [0.5, 0.6) is 0 Å². The zero-order valence-corrected chi connectivity index (χ0v) is 46.5. The first kappa shape index (κ1) is 66.5. The fourth-order valence-electron chi connectivity index (χ4n) is 8.46. The van der Waals surface area contributed by atoms with E-state index in [1.165, 1.54) is 199 Å². The number of nitrogens with zero attached hydrogens (tertiary/aromatic N) is 1. The van der Waals surface area contributed by atoms with E-state index in [0.29, 0.717) is 17.4 Å². The molecule has 68 heavy (non-hydrogen) atoms. The first-order valence-corrected chi connectivity index (χ1v) is 30.5. The van der Waals surface area contributed by atoms with Gasteiger partial charge >= 0.3 is 0 Å². The van der Waals surface area contributed by atoms with Gasteiger partial charge in [0.25, 0.3) is 7.82 Å². The average molecular weight is 978 g/mol. The number of amides is 1. The van der Waals surface area contributed by atoms with E-state index in [9.17, 15) is 19.4 Å². The molecule has 2 N–H and O–H groups in total. The number of carbonyl (C=O) groups is 1. The summed E-state index contributed by atoms with van der Waals surface area (Å²) in [7, 11) is 1.27. The van der Waals surface area contributed by atoms with Crippen LogP contribution >= 0.6 is 7.82 Å². The van der Waals surface area contributed by atoms with Crippen LogP contribution in [0.2, 0.25) is 0 Å². The fraction of sp³-hybridized carbons (Fsp3) is 0.847. The van der Waals surface area contributed by atoms with Crippen LogP contribution in [0.1, 0.15) is 271 Å². The molecule has 0 spiro atoms. The topological polar surface area (TPSA) is 108 Å². The van der Waals surface area contributed by atoms with E-state index in [-0.39, 0.29) is 19.1 Å².